The van der Waals surface area contributed by atoms with Crippen molar-refractivity contribution in [3.63, 3.8) is 0 Å². The maximum atomic E-state index is 14.3. The number of ketones is 1. The van der Waals surface area contributed by atoms with Crippen LogP contribution in [0.15, 0.2) is 35.3 Å². The minimum Gasteiger partial charge on any atom is -0.508 e. The van der Waals surface area contributed by atoms with Crippen LogP contribution in [0.3, 0.4) is 0 Å². The predicted molar refractivity (Wildman–Crippen MR) is 95.8 cm³/mol. The van der Waals surface area contributed by atoms with Crippen LogP contribution in [-0.2, 0) is 16.1 Å². The van der Waals surface area contributed by atoms with Crippen LogP contribution >= 0.6 is 0 Å². The number of nitrogens with one attached hydrogen (secondary N) is 1. The van der Waals surface area contributed by atoms with Crippen molar-refractivity contribution in [1.82, 2.24) is 10.0 Å². The first-order valence-corrected chi connectivity index (χ1v) is 8.26. The predicted octanol–water partition coefficient (Wildman–Crippen LogP) is 2.16. The summed E-state index contributed by atoms with van der Waals surface area (Å²) >= 11 is 0. The molecule has 0 aliphatic rings. The normalized spacial score (nSPS) is 13.1. The number of hydrogen-bond acceptors (Lipinski definition) is 5. The van der Waals surface area contributed by atoms with Crippen LogP contribution in [0.5, 0.6) is 5.75 Å². The summed E-state index contributed by atoms with van der Waals surface area (Å²) in [5.74, 6) is -2.08. The number of phenolic OH excluding ortho intramolecular Hbond substituents is 1. The lowest BCUT2D eigenvalue weighted by Crippen LogP contribution is -2.43. The number of aromatic nitrogens is 1. The van der Waals surface area contributed by atoms with Crippen molar-refractivity contribution < 1.29 is 24.3 Å². The lowest BCUT2D eigenvalue weighted by atomic mass is 9.82. The van der Waals surface area contributed by atoms with Crippen LogP contribution in [0.25, 0.3) is 11.1 Å². The number of benzene rings is 1. The lowest BCUT2D eigenvalue weighted by Gasteiger charge is -2.24. The summed E-state index contributed by atoms with van der Waals surface area (Å²) in [4.78, 5) is 35.9. The van der Waals surface area contributed by atoms with E-state index in [4.69, 9.17) is 5.21 Å². The molecule has 0 unspecified atom stereocenters. The van der Waals surface area contributed by atoms with Gasteiger partial charge in [-0.2, -0.15) is 0 Å². The van der Waals surface area contributed by atoms with Crippen LogP contribution < -0.4 is 11.0 Å². The molecule has 0 fully saturated rings. The molecule has 0 saturated carbocycles. The monoisotopic (exact) mass is 376 g/mol. The number of Topliss-reactive ketones (excluding diaryl/α,β-unsaturated/α-hetero) is 1. The van der Waals surface area contributed by atoms with E-state index in [0.29, 0.717) is 5.56 Å². The lowest BCUT2D eigenvalue weighted by molar-refractivity contribution is -0.146. The summed E-state index contributed by atoms with van der Waals surface area (Å²) in [7, 11) is 0. The second-order valence-corrected chi connectivity index (χ2v) is 6.60. The Bertz CT molecular complexity index is 954. The molecule has 0 saturated heterocycles. The molecule has 1 aromatic carbocycles. The van der Waals surface area contributed by atoms with E-state index in [-0.39, 0.29) is 29.8 Å². The van der Waals surface area contributed by atoms with Gasteiger partial charge in [0.15, 0.2) is 0 Å². The smallest absolute Gasteiger partial charge is 0.256 e. The molecule has 8 heteroatoms. The number of aromatic hydroxyl groups is 1. The fourth-order valence-corrected chi connectivity index (χ4v) is 2.67. The van der Waals surface area contributed by atoms with E-state index in [1.807, 2.05) is 0 Å². The standard InChI is InChI=1S/C19H21FN2O5/c1-11-15(24)5-4-14(17(11)20)13-6-8-22(16(25)10-13)9-7-19(3,12(2)23)18(26)21-27/h4-6,8,10,24,27H,7,9H2,1-3H3,(H,21,26)/t19-/m0/s1. The Morgan fingerprint density at radius 2 is 1.96 bits per heavy atom. The molecule has 0 radical (unpaired) electrons. The number of amides is 1. The maximum Gasteiger partial charge on any atom is 0.256 e. The van der Waals surface area contributed by atoms with Gasteiger partial charge < -0.3 is 9.67 Å². The van der Waals surface area contributed by atoms with Gasteiger partial charge >= 0.3 is 0 Å². The summed E-state index contributed by atoms with van der Waals surface area (Å²) in [6.45, 7) is 4.11. The van der Waals surface area contributed by atoms with Gasteiger partial charge in [0.05, 0.1) is 0 Å². The van der Waals surface area contributed by atoms with E-state index < -0.39 is 28.5 Å². The molecular formula is C19H21FN2O5. The quantitative estimate of drug-likeness (QED) is 0.407. The summed E-state index contributed by atoms with van der Waals surface area (Å²) in [6, 6.07) is 5.51. The highest BCUT2D eigenvalue weighted by Gasteiger charge is 2.37. The third kappa shape index (κ3) is 3.90. The zero-order valence-corrected chi connectivity index (χ0v) is 15.2. The molecule has 0 aliphatic heterocycles. The first-order valence-electron chi connectivity index (χ1n) is 8.26. The number of pyridine rings is 1. The van der Waals surface area contributed by atoms with Gasteiger partial charge in [0.25, 0.3) is 11.5 Å². The van der Waals surface area contributed by atoms with E-state index in [9.17, 15) is 23.9 Å². The minimum absolute atomic E-state index is 0.000653. The summed E-state index contributed by atoms with van der Waals surface area (Å²) < 4.78 is 15.6. The molecule has 2 aromatic rings. The van der Waals surface area contributed by atoms with Gasteiger partial charge in [-0.05, 0) is 51.0 Å². The van der Waals surface area contributed by atoms with Crippen LogP contribution in [-0.4, -0.2) is 26.6 Å². The SMILES string of the molecule is CC(=O)[C@](C)(CCn1ccc(-c2ccc(O)c(C)c2F)cc1=O)C(=O)NO. The molecule has 1 heterocycles. The van der Waals surface area contributed by atoms with Crippen LogP contribution in [0.2, 0.25) is 0 Å². The number of carbonyl (C=O) groups excluding carboxylic acids is 2. The van der Waals surface area contributed by atoms with Gasteiger partial charge in [-0.25, -0.2) is 9.87 Å². The van der Waals surface area contributed by atoms with Gasteiger partial charge in [0.2, 0.25) is 0 Å². The first kappa shape index (κ1) is 20.3. The fraction of sp³-hybridized carbons (Fsp3) is 0.316. The van der Waals surface area contributed by atoms with E-state index in [1.165, 1.54) is 61.3 Å². The average molecular weight is 376 g/mol. The van der Waals surface area contributed by atoms with Gasteiger partial charge in [-0.1, -0.05) is 0 Å². The molecule has 2 rings (SSSR count). The maximum absolute atomic E-state index is 14.3. The number of phenols is 1. The topological polar surface area (TPSA) is 109 Å². The molecule has 0 bridgehead atoms. The van der Waals surface area contributed by atoms with E-state index >= 15 is 0 Å². The van der Waals surface area contributed by atoms with E-state index in [2.05, 4.69) is 0 Å². The van der Waals surface area contributed by atoms with E-state index in [0.717, 1.165) is 0 Å². The minimum atomic E-state index is -1.48. The van der Waals surface area contributed by atoms with E-state index in [1.54, 1.807) is 0 Å². The van der Waals surface area contributed by atoms with Crippen molar-refractivity contribution in [2.75, 3.05) is 0 Å². The third-order valence-electron chi connectivity index (χ3n) is 4.90. The van der Waals surface area contributed by atoms with Crippen molar-refractivity contribution in [3.05, 3.63) is 52.2 Å². The summed E-state index contributed by atoms with van der Waals surface area (Å²) in [5.41, 5.74) is 0.176. The number of carbonyl (C=O) groups is 2. The molecular weight excluding hydrogens is 355 g/mol. The third-order valence-corrected chi connectivity index (χ3v) is 4.90. The molecule has 7 nitrogen and oxygen atoms in total. The Kier molecular flexibility index (Phi) is 5.80. The molecule has 3 N–H and O–H groups in total. The summed E-state index contributed by atoms with van der Waals surface area (Å²) in [6.07, 6.45) is 1.44. The highest BCUT2D eigenvalue weighted by atomic mass is 19.1. The number of hydrogen-bond donors (Lipinski definition) is 3. The molecule has 0 spiro atoms. The van der Waals surface area contributed by atoms with Crippen LogP contribution in [0, 0.1) is 18.2 Å². The number of nitrogens with zero attached hydrogens (tertiary/aromatic N) is 1. The Morgan fingerprint density at radius 1 is 1.30 bits per heavy atom. The van der Waals surface area contributed by atoms with Gasteiger partial charge in [0, 0.05) is 29.9 Å². The molecule has 1 amide bonds. The van der Waals surface area contributed by atoms with Crippen LogP contribution in [0.1, 0.15) is 25.8 Å². The highest BCUT2D eigenvalue weighted by Crippen LogP contribution is 2.29. The van der Waals surface area contributed by atoms with Gasteiger partial charge in [0.1, 0.15) is 22.8 Å². The molecule has 27 heavy (non-hydrogen) atoms. The number of aryl methyl sites for hydroxylation is 1. The van der Waals surface area contributed by atoms with Crippen molar-refractivity contribution in [2.24, 2.45) is 5.41 Å². The van der Waals surface area contributed by atoms with Crippen molar-refractivity contribution in [2.45, 2.75) is 33.7 Å². The Hall–Kier alpha value is -3.00. The molecule has 144 valence electrons. The highest BCUT2D eigenvalue weighted by molar-refractivity contribution is 6.04. The second kappa shape index (κ2) is 7.71. The Labute approximate surface area is 155 Å². The van der Waals surface area contributed by atoms with Crippen molar-refractivity contribution >= 4 is 11.7 Å². The van der Waals surface area contributed by atoms with Crippen molar-refractivity contribution in [3.8, 4) is 16.9 Å². The number of hydroxylamine groups is 1. The largest absolute Gasteiger partial charge is 0.508 e. The fourth-order valence-electron chi connectivity index (χ4n) is 2.67. The Morgan fingerprint density at radius 3 is 2.52 bits per heavy atom. The number of rotatable bonds is 6. The van der Waals surface area contributed by atoms with Gasteiger partial charge in [-0.3, -0.25) is 19.6 Å². The molecule has 1 aromatic heterocycles. The molecule has 1 atom stereocenters. The average Bonchev–Trinajstić information content (AvgIpc) is 2.64. The molecule has 0 aliphatic carbocycles. The zero-order valence-electron chi connectivity index (χ0n) is 15.2. The Balaban J connectivity index is 2.30. The van der Waals surface area contributed by atoms with Gasteiger partial charge in [-0.15, -0.1) is 0 Å². The van der Waals surface area contributed by atoms with Crippen molar-refractivity contribution in [1.29, 1.82) is 0 Å². The first-order chi connectivity index (χ1) is 12.6. The summed E-state index contributed by atoms with van der Waals surface area (Å²) in [5, 5.41) is 18.4. The number of halogens is 1. The zero-order chi connectivity index (χ0) is 20.4. The second-order valence-electron chi connectivity index (χ2n) is 6.60. The van der Waals surface area contributed by atoms with Crippen LogP contribution in [0.4, 0.5) is 4.39 Å².